The van der Waals surface area contributed by atoms with Gasteiger partial charge in [-0.15, -0.1) is 0 Å². The van der Waals surface area contributed by atoms with Gasteiger partial charge in [0, 0.05) is 0 Å². The first-order chi connectivity index (χ1) is 4.18. The Morgan fingerprint density at radius 3 is 2.67 bits per heavy atom. The molecule has 0 aliphatic rings. The third-order valence-corrected chi connectivity index (χ3v) is 1.19. The van der Waals surface area contributed by atoms with Crippen molar-refractivity contribution in [1.29, 1.82) is 0 Å². The molecular formula is C6H10O2Te. The fourth-order valence-corrected chi connectivity index (χ4v) is 0.522. The maximum atomic E-state index is 10.6. The van der Waals surface area contributed by atoms with Gasteiger partial charge < -0.3 is 0 Å². The van der Waals surface area contributed by atoms with Gasteiger partial charge in [0.1, 0.15) is 0 Å². The van der Waals surface area contributed by atoms with Crippen LogP contribution in [0.1, 0.15) is 6.92 Å². The molecule has 0 spiro atoms. The summed E-state index contributed by atoms with van der Waals surface area (Å²) in [5, 5.41) is 0. The van der Waals surface area contributed by atoms with Crippen LogP contribution in [0, 0.1) is 0 Å². The molecular weight excluding hydrogens is 232 g/mol. The van der Waals surface area contributed by atoms with Gasteiger partial charge in [0.2, 0.25) is 0 Å². The van der Waals surface area contributed by atoms with Gasteiger partial charge in [0.05, 0.1) is 0 Å². The SMILES string of the molecule is C=C(C)C(=O)OCC[TeH]. The van der Waals surface area contributed by atoms with Crippen LogP contribution in [0.5, 0.6) is 0 Å². The summed E-state index contributed by atoms with van der Waals surface area (Å²) in [5.74, 6) is -0.287. The number of ether oxygens (including phenoxy) is 1. The standard InChI is InChI=1S/C6H10O2Te/c1-5(2)6(7)8-3-4-9/h9H,1,3-4H2,2H3. The van der Waals surface area contributed by atoms with Crippen LogP contribution >= 0.6 is 0 Å². The predicted molar refractivity (Wildman–Crippen MR) is 37.7 cm³/mol. The van der Waals surface area contributed by atoms with Crippen molar-refractivity contribution in [1.82, 2.24) is 0 Å². The number of esters is 1. The van der Waals surface area contributed by atoms with E-state index in [1.165, 1.54) is 0 Å². The maximum absolute atomic E-state index is 10.6. The molecule has 0 radical (unpaired) electrons. The Morgan fingerprint density at radius 2 is 2.33 bits per heavy atom. The zero-order valence-electron chi connectivity index (χ0n) is 5.39. The molecule has 0 bridgehead atoms. The zero-order valence-corrected chi connectivity index (χ0v) is 7.94. The third-order valence-electron chi connectivity index (χ3n) is 0.673. The molecule has 0 rings (SSSR count). The van der Waals surface area contributed by atoms with Gasteiger partial charge in [-0.1, -0.05) is 0 Å². The molecule has 52 valence electrons. The summed E-state index contributed by atoms with van der Waals surface area (Å²) in [7, 11) is 0. The monoisotopic (exact) mass is 244 g/mol. The molecule has 0 aliphatic carbocycles. The van der Waals surface area contributed by atoms with E-state index >= 15 is 0 Å². The molecule has 0 N–H and O–H groups in total. The summed E-state index contributed by atoms with van der Waals surface area (Å²) >= 11 is 1.64. The van der Waals surface area contributed by atoms with Gasteiger partial charge in [0.25, 0.3) is 0 Å². The van der Waals surface area contributed by atoms with Gasteiger partial charge in [-0.25, -0.2) is 0 Å². The first-order valence-electron chi connectivity index (χ1n) is 2.62. The molecule has 0 atom stereocenters. The van der Waals surface area contributed by atoms with Crippen molar-refractivity contribution in [2.75, 3.05) is 6.61 Å². The van der Waals surface area contributed by atoms with E-state index < -0.39 is 0 Å². The predicted octanol–water partition coefficient (Wildman–Crippen LogP) is 0.425. The van der Waals surface area contributed by atoms with Crippen LogP contribution < -0.4 is 0 Å². The molecule has 0 unspecified atom stereocenters. The second-order valence-electron chi connectivity index (χ2n) is 1.64. The van der Waals surface area contributed by atoms with Gasteiger partial charge in [-0.3, -0.25) is 0 Å². The van der Waals surface area contributed by atoms with Gasteiger partial charge in [-0.05, 0) is 0 Å². The Hall–Kier alpha value is -0.000390. The second-order valence-corrected chi connectivity index (χ2v) is 2.92. The van der Waals surface area contributed by atoms with Gasteiger partial charge >= 0.3 is 67.9 Å². The third kappa shape index (κ3) is 4.50. The number of carbonyl (C=O) groups is 1. The van der Waals surface area contributed by atoms with Crippen molar-refractivity contribution < 1.29 is 9.53 Å². The first-order valence-corrected chi connectivity index (χ1v) is 4.42. The average Bonchev–Trinajstić information content (AvgIpc) is 1.82. The number of rotatable bonds is 3. The molecule has 0 heterocycles. The quantitative estimate of drug-likeness (QED) is 0.407. The Labute approximate surface area is 68.2 Å². The van der Waals surface area contributed by atoms with E-state index in [-0.39, 0.29) is 5.97 Å². The van der Waals surface area contributed by atoms with Crippen molar-refractivity contribution in [3.63, 3.8) is 0 Å². The van der Waals surface area contributed by atoms with Crippen LogP contribution in [0.3, 0.4) is 0 Å². The molecule has 0 amide bonds. The molecule has 0 aromatic heterocycles. The average molecular weight is 242 g/mol. The van der Waals surface area contributed by atoms with E-state index in [1.807, 2.05) is 0 Å². The molecule has 0 aliphatic heterocycles. The molecule has 0 fully saturated rings. The van der Waals surface area contributed by atoms with E-state index in [0.29, 0.717) is 12.2 Å². The van der Waals surface area contributed by atoms with Gasteiger partial charge in [0.15, 0.2) is 0 Å². The second kappa shape index (κ2) is 4.84. The number of carbonyl (C=O) groups excluding carboxylic acids is 1. The van der Waals surface area contributed by atoms with E-state index in [1.54, 1.807) is 29.2 Å². The molecule has 0 aromatic rings. The van der Waals surface area contributed by atoms with Crippen LogP contribution in [-0.2, 0) is 9.53 Å². The number of hydrogen-bond acceptors (Lipinski definition) is 2. The minimum absolute atomic E-state index is 0.287. The molecule has 2 nitrogen and oxygen atoms in total. The number of hydrogen-bond donors (Lipinski definition) is 0. The van der Waals surface area contributed by atoms with Crippen molar-refractivity contribution in [2.24, 2.45) is 0 Å². The fourth-order valence-electron chi connectivity index (χ4n) is 0.262. The summed E-state index contributed by atoms with van der Waals surface area (Å²) < 4.78 is 5.64. The summed E-state index contributed by atoms with van der Waals surface area (Å²) in [4.78, 5) is 10.6. The van der Waals surface area contributed by atoms with Crippen molar-refractivity contribution in [3.8, 4) is 0 Å². The summed E-state index contributed by atoms with van der Waals surface area (Å²) in [5.41, 5.74) is 0.467. The molecule has 0 saturated carbocycles. The summed E-state index contributed by atoms with van der Waals surface area (Å²) in [6.45, 7) is 5.59. The van der Waals surface area contributed by atoms with Crippen molar-refractivity contribution in [2.45, 2.75) is 11.4 Å². The van der Waals surface area contributed by atoms with E-state index in [4.69, 9.17) is 4.74 Å². The molecule has 0 aromatic carbocycles. The Kier molecular flexibility index (Phi) is 4.84. The normalized spacial score (nSPS) is 8.67. The van der Waals surface area contributed by atoms with E-state index in [9.17, 15) is 4.79 Å². The van der Waals surface area contributed by atoms with Crippen LogP contribution in [-0.4, -0.2) is 34.9 Å². The van der Waals surface area contributed by atoms with Crippen LogP contribution in [0.25, 0.3) is 0 Å². The minimum atomic E-state index is -0.287. The van der Waals surface area contributed by atoms with Crippen LogP contribution in [0.4, 0.5) is 0 Å². The fraction of sp³-hybridized carbons (Fsp3) is 0.500. The molecule has 3 heteroatoms. The van der Waals surface area contributed by atoms with Crippen LogP contribution in [0.2, 0.25) is 4.47 Å². The summed E-state index contributed by atoms with van der Waals surface area (Å²) in [6, 6.07) is 0. The van der Waals surface area contributed by atoms with E-state index in [2.05, 4.69) is 6.58 Å². The topological polar surface area (TPSA) is 26.3 Å². The van der Waals surface area contributed by atoms with Crippen molar-refractivity contribution in [3.05, 3.63) is 12.2 Å². The van der Waals surface area contributed by atoms with E-state index in [0.717, 1.165) is 4.47 Å². The Morgan fingerprint density at radius 1 is 1.78 bits per heavy atom. The zero-order chi connectivity index (χ0) is 7.28. The Balaban J connectivity index is 3.39. The molecule has 9 heavy (non-hydrogen) atoms. The first kappa shape index (κ1) is 9.00. The summed E-state index contributed by atoms with van der Waals surface area (Å²) in [6.07, 6.45) is 0. The van der Waals surface area contributed by atoms with Gasteiger partial charge in [-0.2, -0.15) is 0 Å². The van der Waals surface area contributed by atoms with Crippen LogP contribution in [0.15, 0.2) is 12.2 Å². The Bertz CT molecular complexity index is 120. The molecule has 0 saturated heterocycles. The van der Waals surface area contributed by atoms with Crippen molar-refractivity contribution >= 4 is 28.3 Å².